The second-order valence-electron chi connectivity index (χ2n) is 25.9. The van der Waals surface area contributed by atoms with E-state index in [4.69, 9.17) is 106 Å². The molecule has 0 amide bonds. The molecule has 28 nitrogen and oxygen atoms in total. The van der Waals surface area contributed by atoms with Gasteiger partial charge in [0.05, 0.1) is 50.1 Å². The van der Waals surface area contributed by atoms with E-state index in [0.717, 1.165) is 20.0 Å². The predicted octanol–water partition coefficient (Wildman–Crippen LogP) is 7.45. The van der Waals surface area contributed by atoms with E-state index in [1.54, 1.807) is 98.8 Å². The van der Waals surface area contributed by atoms with Crippen LogP contribution in [0, 0.1) is 0 Å². The fraction of sp³-hybridized carbons (Fsp3) is 0.676. The summed E-state index contributed by atoms with van der Waals surface area (Å²) in [6, 6.07) is 20.4. The van der Waals surface area contributed by atoms with Gasteiger partial charge in [0.1, 0.15) is 91.9 Å². The van der Waals surface area contributed by atoms with Crippen LogP contribution in [0.25, 0.3) is 0 Å². The summed E-state index contributed by atoms with van der Waals surface area (Å²) in [5.41, 5.74) is 13.3. The van der Waals surface area contributed by atoms with E-state index >= 15 is 0 Å². The fourth-order valence-electron chi connectivity index (χ4n) is 12.3. The van der Waals surface area contributed by atoms with E-state index in [1.807, 2.05) is 34.6 Å². The summed E-state index contributed by atoms with van der Waals surface area (Å²) in [6.07, 6.45) is -19.2. The van der Waals surface area contributed by atoms with Crippen LogP contribution in [-0.4, -0.2) is 232 Å². The van der Waals surface area contributed by atoms with Gasteiger partial charge in [0.15, 0.2) is 37.0 Å². The number of esters is 6. The fourth-order valence-corrected chi connectivity index (χ4v) is 12.3. The van der Waals surface area contributed by atoms with Crippen molar-refractivity contribution >= 4 is 35.8 Å². The number of rotatable bonds is 40. The highest BCUT2D eigenvalue weighted by Crippen LogP contribution is 2.42. The van der Waals surface area contributed by atoms with Gasteiger partial charge in [-0.25, -0.2) is 19.2 Å². The molecule has 102 heavy (non-hydrogen) atoms. The molecule has 8 unspecified atom stereocenters. The molecule has 0 bridgehead atoms. The maximum atomic E-state index is 14.8. The molecule has 0 spiro atoms. The number of unbranched alkanes of at least 4 members (excludes halogenated alkanes) is 5. The monoisotopic (exact) mass is 1440 g/mol. The number of benzene rings is 3. The van der Waals surface area contributed by atoms with Crippen molar-refractivity contribution in [3.63, 3.8) is 0 Å². The zero-order chi connectivity index (χ0) is 73.9. The molecule has 4 saturated heterocycles. The van der Waals surface area contributed by atoms with Gasteiger partial charge in [0, 0.05) is 46.9 Å². The molecule has 0 saturated carbocycles. The Labute approximate surface area is 598 Å². The van der Waals surface area contributed by atoms with Crippen molar-refractivity contribution in [3.8, 4) is 11.5 Å². The zero-order valence-corrected chi connectivity index (χ0v) is 60.9. The van der Waals surface area contributed by atoms with Crippen LogP contribution in [0.3, 0.4) is 0 Å². The van der Waals surface area contributed by atoms with Crippen molar-refractivity contribution in [1.29, 1.82) is 0 Å². The van der Waals surface area contributed by atoms with Gasteiger partial charge in [-0.3, -0.25) is 9.59 Å². The lowest BCUT2D eigenvalue weighted by Gasteiger charge is -2.53. The van der Waals surface area contributed by atoms with E-state index < -0.39 is 171 Å². The van der Waals surface area contributed by atoms with Crippen molar-refractivity contribution in [1.82, 2.24) is 0 Å². The Hall–Kier alpha value is -6.48. The summed E-state index contributed by atoms with van der Waals surface area (Å²) in [5.74, 6) is -4.06. The normalized spacial score (nSPS) is 29.5. The molecule has 0 radical (unpaired) electrons. The molecule has 3 aromatic rings. The van der Waals surface area contributed by atoms with E-state index in [1.165, 1.54) is 28.1 Å². The molecule has 20 atom stereocenters. The summed E-state index contributed by atoms with van der Waals surface area (Å²) in [7, 11) is 3.83. The average molecular weight is 1440 g/mol. The molecule has 4 aliphatic rings. The molecule has 0 aromatic heterocycles. The first-order chi connectivity index (χ1) is 49.2. The maximum Gasteiger partial charge on any atom is 0.338 e. The summed E-state index contributed by atoms with van der Waals surface area (Å²) < 4.78 is 129. The van der Waals surface area contributed by atoms with Crippen LogP contribution >= 0.6 is 0 Å². The number of methoxy groups -OCH3 is 3. The van der Waals surface area contributed by atoms with Crippen LogP contribution in [0.1, 0.15) is 147 Å². The molecule has 4 N–H and O–H groups in total. The standard InChI is InChI=1S/C74H108N2O26/c1-13-18-37-86-54-50(42-91-44(6)77)95-71(53(76)57(54)88-39-20-15-3)99-60-58(89-40-21-16-4)64(96-67(79)46-29-25-23-26-30-46)73(100-62(60)69(81)84-11)98-55-51(43-92-45(7)78)94-66(52(75)56(55)87-38-19-14-2)74(8,9)102-61-59(90-41-22-17-5)65(97-68(80)47-31-27-24-28-32-47)72(101-63(61)70(82)85-12)93-49-35-33-48(83-10)34-36-49/h23-36,50-66,71-73H,13-22,37-43,75-76H2,1-12H3/t50?,51?,52?,53?,54-,55-,56-,57-,58?,59?,60-,61-,62?,63?,64+,65+,66-,71+,72-,73-/m1/s1. The molecule has 7 rings (SSSR count). The van der Waals surface area contributed by atoms with Gasteiger partial charge >= 0.3 is 35.8 Å². The SMILES string of the molecule is CCCCOC1[C@@H](OC(C)(C)[C@@H]2OC(COC(C)=O)[C@@H](O[C@@H]3OC(C(=O)OC)[C@H](O[C@@H]4OC(COC(C)=O)[C@@H](OCCCC)[C@H](OCCCC)C4N)C(OCCCC)[C@@H]3OC(=O)c3ccccc3)[C@H](OCCCC)C2N)C(C(=O)OC)O[C@@H](Oc2ccc(OC)cc2)[C@H]1OC(=O)c1ccccc1. The number of nitrogens with two attached hydrogens (primary N) is 2. The Morgan fingerprint density at radius 1 is 0.431 bits per heavy atom. The first-order valence-electron chi connectivity index (χ1n) is 35.6. The molecular weight excluding hydrogens is 1330 g/mol. The molecule has 4 aliphatic heterocycles. The lowest BCUT2D eigenvalue weighted by Crippen LogP contribution is -2.72. The van der Waals surface area contributed by atoms with Gasteiger partial charge in [0.25, 0.3) is 0 Å². The van der Waals surface area contributed by atoms with Crippen LogP contribution in [0.4, 0.5) is 0 Å². The van der Waals surface area contributed by atoms with Crippen LogP contribution in [0.2, 0.25) is 0 Å². The van der Waals surface area contributed by atoms with Crippen molar-refractivity contribution < 1.29 is 124 Å². The molecule has 3 aromatic carbocycles. The second-order valence-corrected chi connectivity index (χ2v) is 25.9. The Morgan fingerprint density at radius 2 is 0.833 bits per heavy atom. The van der Waals surface area contributed by atoms with Crippen molar-refractivity contribution in [2.24, 2.45) is 11.5 Å². The van der Waals surface area contributed by atoms with E-state index in [9.17, 15) is 28.8 Å². The van der Waals surface area contributed by atoms with Gasteiger partial charge in [-0.1, -0.05) is 103 Å². The third-order valence-corrected chi connectivity index (χ3v) is 17.8. The van der Waals surface area contributed by atoms with Crippen LogP contribution in [-0.2, 0) is 104 Å². The third-order valence-electron chi connectivity index (χ3n) is 17.8. The second kappa shape index (κ2) is 41.9. The summed E-state index contributed by atoms with van der Waals surface area (Å²) in [6.45, 7) is 15.6. The third kappa shape index (κ3) is 22.8. The quantitative estimate of drug-likeness (QED) is 0.0317. The van der Waals surface area contributed by atoms with Gasteiger partial charge in [-0.05, 0) is 94.5 Å². The Kier molecular flexibility index (Phi) is 34.0. The highest BCUT2D eigenvalue weighted by molar-refractivity contribution is 5.90. The predicted molar refractivity (Wildman–Crippen MR) is 365 cm³/mol. The van der Waals surface area contributed by atoms with Gasteiger partial charge in [0.2, 0.25) is 6.29 Å². The summed E-state index contributed by atoms with van der Waals surface area (Å²) >= 11 is 0. The molecule has 28 heteroatoms. The molecule has 570 valence electrons. The molecule has 0 aliphatic carbocycles. The number of carbonyl (C=O) groups is 6. The lowest BCUT2D eigenvalue weighted by atomic mass is 9.84. The van der Waals surface area contributed by atoms with Gasteiger partial charge in [-0.15, -0.1) is 0 Å². The highest BCUT2D eigenvalue weighted by atomic mass is 16.8. The van der Waals surface area contributed by atoms with Crippen LogP contribution < -0.4 is 20.9 Å². The average Bonchev–Trinajstić information content (AvgIpc) is 0.755. The summed E-state index contributed by atoms with van der Waals surface area (Å²) in [4.78, 5) is 83.6. The van der Waals surface area contributed by atoms with E-state index in [-0.39, 0.29) is 49.9 Å². The van der Waals surface area contributed by atoms with Gasteiger partial charge in [-0.2, -0.15) is 0 Å². The highest BCUT2D eigenvalue weighted by Gasteiger charge is 2.62. The van der Waals surface area contributed by atoms with Crippen LogP contribution in [0.5, 0.6) is 11.5 Å². The maximum absolute atomic E-state index is 14.8. The van der Waals surface area contributed by atoms with Crippen molar-refractivity contribution in [2.45, 2.75) is 255 Å². The largest absolute Gasteiger partial charge is 0.497 e. The zero-order valence-electron chi connectivity index (χ0n) is 60.9. The molecule has 4 fully saturated rings. The van der Waals surface area contributed by atoms with Gasteiger partial charge < -0.3 is 106 Å². The van der Waals surface area contributed by atoms with Crippen molar-refractivity contribution in [2.75, 3.05) is 67.6 Å². The van der Waals surface area contributed by atoms with E-state index in [0.29, 0.717) is 63.7 Å². The van der Waals surface area contributed by atoms with Crippen molar-refractivity contribution in [3.05, 3.63) is 96.1 Å². The number of hydrogen-bond acceptors (Lipinski definition) is 28. The topological polar surface area (TPSA) is 339 Å². The first kappa shape index (κ1) is 82.8. The van der Waals surface area contributed by atoms with Crippen LogP contribution in [0.15, 0.2) is 84.9 Å². The number of carbonyl (C=O) groups excluding carboxylic acids is 6. The Balaban J connectivity index is 1.33. The van der Waals surface area contributed by atoms with E-state index in [2.05, 4.69) is 0 Å². The number of hydrogen-bond donors (Lipinski definition) is 2. The molecule has 4 heterocycles. The minimum absolute atomic E-state index is 0.00963. The first-order valence-corrected chi connectivity index (χ1v) is 35.6. The Morgan fingerprint density at radius 3 is 1.29 bits per heavy atom. The Bertz CT molecular complexity index is 3000. The molecular formula is C74H108N2O26. The smallest absolute Gasteiger partial charge is 0.338 e. The number of ether oxygens (including phenoxy) is 20. The summed E-state index contributed by atoms with van der Waals surface area (Å²) in [5, 5.41) is 0. The minimum atomic E-state index is -1.84. The minimum Gasteiger partial charge on any atom is -0.497 e. The lowest BCUT2D eigenvalue weighted by molar-refractivity contribution is -0.365.